The molecule has 376 valence electrons. The summed E-state index contributed by atoms with van der Waals surface area (Å²) in [6.45, 7) is 3.30. The molecule has 1 aliphatic rings. The number of phosphoric acid groups is 1. The largest absolute Gasteiger partial charge is 0.472 e. The highest BCUT2D eigenvalue weighted by atomic mass is 31.2. The summed E-state index contributed by atoms with van der Waals surface area (Å²) >= 11 is 0. The number of esters is 2. The summed E-state index contributed by atoms with van der Waals surface area (Å²) in [4.78, 5) is 35.8. The Labute approximate surface area is 387 Å². The third kappa shape index (κ3) is 32.1. The van der Waals surface area contributed by atoms with E-state index in [4.69, 9.17) is 18.5 Å². The number of allylic oxidation sites excluding steroid dienone is 4. The molecule has 0 aliphatic heterocycles. The summed E-state index contributed by atoms with van der Waals surface area (Å²) in [7, 11) is -5.12. The van der Waals surface area contributed by atoms with E-state index in [2.05, 4.69) is 38.2 Å². The second-order valence-corrected chi connectivity index (χ2v) is 19.4. The van der Waals surface area contributed by atoms with Gasteiger partial charge in [-0.2, -0.15) is 0 Å². The van der Waals surface area contributed by atoms with Gasteiger partial charge in [-0.1, -0.05) is 192 Å². The SMILES string of the molecule is CCCCC/C=C\C/C=C\CCCCCCCCCCCC(=O)OC[C@H](COP(=O)(O)OC1C(O)C(O)C(O)[C@@H](O)C1O)OC(=O)CCCCCCCCCCCCCCCCCC. The fourth-order valence-electron chi connectivity index (χ4n) is 7.91. The summed E-state index contributed by atoms with van der Waals surface area (Å²) in [5.74, 6) is -1.09. The Hall–Kier alpha value is -1.67. The normalized spacial score (nSPS) is 21.7. The lowest BCUT2D eigenvalue weighted by Crippen LogP contribution is -2.64. The van der Waals surface area contributed by atoms with Gasteiger partial charge in [0.05, 0.1) is 6.61 Å². The van der Waals surface area contributed by atoms with Crippen LogP contribution < -0.4 is 0 Å². The molecular weight excluding hydrogens is 840 g/mol. The Morgan fingerprint density at radius 3 is 1.30 bits per heavy atom. The van der Waals surface area contributed by atoms with Crippen molar-refractivity contribution < 1.29 is 63.1 Å². The number of rotatable bonds is 43. The molecule has 0 heterocycles. The molecule has 6 N–H and O–H groups in total. The smallest absolute Gasteiger partial charge is 0.462 e. The van der Waals surface area contributed by atoms with Crippen LogP contribution in [0.3, 0.4) is 0 Å². The Kier molecular flexibility index (Phi) is 38.1. The Morgan fingerprint density at radius 2 is 0.844 bits per heavy atom. The molecule has 6 unspecified atom stereocenters. The van der Waals surface area contributed by atoms with Crippen molar-refractivity contribution in [3.05, 3.63) is 24.3 Å². The number of carbonyl (C=O) groups excluding carboxylic acids is 2. The molecule has 0 aromatic carbocycles. The zero-order chi connectivity index (χ0) is 47.1. The van der Waals surface area contributed by atoms with Crippen molar-refractivity contribution in [1.82, 2.24) is 0 Å². The van der Waals surface area contributed by atoms with Gasteiger partial charge in [0.2, 0.25) is 0 Å². The number of aliphatic hydroxyl groups is 5. The predicted molar refractivity (Wildman–Crippen MR) is 254 cm³/mol. The molecule has 1 rings (SSSR count). The second kappa shape index (κ2) is 40.4. The van der Waals surface area contributed by atoms with Crippen LogP contribution in [0.15, 0.2) is 24.3 Å². The van der Waals surface area contributed by atoms with Crippen LogP contribution in [0.25, 0.3) is 0 Å². The van der Waals surface area contributed by atoms with Gasteiger partial charge in [-0.25, -0.2) is 4.57 Å². The van der Waals surface area contributed by atoms with Gasteiger partial charge in [0.1, 0.15) is 43.2 Å². The molecule has 1 fully saturated rings. The Morgan fingerprint density at radius 1 is 0.484 bits per heavy atom. The fourth-order valence-corrected chi connectivity index (χ4v) is 8.88. The first-order valence-electron chi connectivity index (χ1n) is 25.6. The molecule has 8 atom stereocenters. The number of unbranched alkanes of at least 4 members (excludes halogenated alkanes) is 27. The van der Waals surface area contributed by atoms with Crippen molar-refractivity contribution >= 4 is 19.8 Å². The van der Waals surface area contributed by atoms with Crippen LogP contribution >= 0.6 is 7.82 Å². The molecule has 1 saturated carbocycles. The highest BCUT2D eigenvalue weighted by molar-refractivity contribution is 7.47. The maximum atomic E-state index is 12.8. The Bertz CT molecular complexity index is 1220. The van der Waals surface area contributed by atoms with Crippen LogP contribution in [0.4, 0.5) is 0 Å². The second-order valence-electron chi connectivity index (χ2n) is 18.0. The van der Waals surface area contributed by atoms with E-state index in [0.29, 0.717) is 12.8 Å². The Balaban J connectivity index is 2.39. The van der Waals surface area contributed by atoms with Crippen LogP contribution in [0.1, 0.15) is 226 Å². The van der Waals surface area contributed by atoms with Gasteiger partial charge >= 0.3 is 19.8 Å². The fraction of sp³-hybridized carbons (Fsp3) is 0.880. The molecule has 0 bridgehead atoms. The van der Waals surface area contributed by atoms with E-state index in [1.165, 1.54) is 128 Å². The first-order chi connectivity index (χ1) is 30.9. The number of ether oxygens (including phenoxy) is 2. The van der Waals surface area contributed by atoms with Gasteiger partial charge in [-0.3, -0.25) is 18.6 Å². The lowest BCUT2D eigenvalue weighted by Gasteiger charge is -2.41. The monoisotopic (exact) mass is 933 g/mol. The molecule has 14 heteroatoms. The number of aliphatic hydroxyl groups excluding tert-OH is 5. The molecule has 0 aromatic heterocycles. The summed E-state index contributed by atoms with van der Waals surface area (Å²) in [5.41, 5.74) is 0. The van der Waals surface area contributed by atoms with Gasteiger partial charge in [0.15, 0.2) is 6.10 Å². The number of hydrogen-bond donors (Lipinski definition) is 6. The molecule has 64 heavy (non-hydrogen) atoms. The van der Waals surface area contributed by atoms with Crippen LogP contribution in [0.5, 0.6) is 0 Å². The van der Waals surface area contributed by atoms with Crippen LogP contribution in [-0.4, -0.2) is 98.3 Å². The zero-order valence-electron chi connectivity index (χ0n) is 40.1. The molecule has 1 aliphatic carbocycles. The third-order valence-electron chi connectivity index (χ3n) is 12.0. The first-order valence-corrected chi connectivity index (χ1v) is 27.1. The average Bonchev–Trinajstić information content (AvgIpc) is 3.28. The molecule has 13 nitrogen and oxygen atoms in total. The minimum atomic E-state index is -5.12. The minimum absolute atomic E-state index is 0.101. The van der Waals surface area contributed by atoms with Gasteiger partial charge in [-0.15, -0.1) is 0 Å². The van der Waals surface area contributed by atoms with E-state index in [-0.39, 0.29) is 12.8 Å². The van der Waals surface area contributed by atoms with Crippen LogP contribution in [0, 0.1) is 0 Å². The zero-order valence-corrected chi connectivity index (χ0v) is 41.0. The summed E-state index contributed by atoms with van der Waals surface area (Å²) in [6, 6.07) is 0. The molecule has 0 aromatic rings. The molecule has 0 spiro atoms. The number of hydrogen-bond acceptors (Lipinski definition) is 12. The van der Waals surface area contributed by atoms with Crippen molar-refractivity contribution in [3.8, 4) is 0 Å². The molecule has 0 saturated heterocycles. The van der Waals surface area contributed by atoms with Gasteiger partial charge in [-0.05, 0) is 44.9 Å². The van der Waals surface area contributed by atoms with Gasteiger partial charge in [0, 0.05) is 12.8 Å². The van der Waals surface area contributed by atoms with Gasteiger partial charge < -0.3 is 39.9 Å². The van der Waals surface area contributed by atoms with E-state index in [1.54, 1.807) is 0 Å². The minimum Gasteiger partial charge on any atom is -0.462 e. The molecule has 0 amide bonds. The van der Waals surface area contributed by atoms with E-state index < -0.39 is 75.7 Å². The van der Waals surface area contributed by atoms with E-state index >= 15 is 0 Å². The predicted octanol–water partition coefficient (Wildman–Crippen LogP) is 10.8. The van der Waals surface area contributed by atoms with Crippen LogP contribution in [0.2, 0.25) is 0 Å². The molecule has 0 radical (unpaired) electrons. The number of carbonyl (C=O) groups is 2. The van der Waals surface area contributed by atoms with Crippen LogP contribution in [-0.2, 0) is 32.7 Å². The van der Waals surface area contributed by atoms with Crippen molar-refractivity contribution in [2.45, 2.75) is 268 Å². The first kappa shape index (κ1) is 60.3. The highest BCUT2D eigenvalue weighted by Gasteiger charge is 2.51. The lowest BCUT2D eigenvalue weighted by molar-refractivity contribution is -0.220. The maximum absolute atomic E-state index is 12.8. The maximum Gasteiger partial charge on any atom is 0.472 e. The van der Waals surface area contributed by atoms with E-state index in [9.17, 15) is 44.6 Å². The molecular formula is C50H93O13P. The quantitative estimate of drug-likeness (QED) is 0.0146. The lowest BCUT2D eigenvalue weighted by atomic mass is 9.85. The van der Waals surface area contributed by atoms with E-state index in [1.807, 2.05) is 0 Å². The summed E-state index contributed by atoms with van der Waals surface area (Å²) in [5, 5.41) is 50.2. The number of phosphoric ester groups is 1. The van der Waals surface area contributed by atoms with Crippen molar-refractivity contribution in [2.24, 2.45) is 0 Å². The topological polar surface area (TPSA) is 210 Å². The summed E-state index contributed by atoms with van der Waals surface area (Å²) < 4.78 is 33.6. The van der Waals surface area contributed by atoms with Crippen molar-refractivity contribution in [2.75, 3.05) is 13.2 Å². The van der Waals surface area contributed by atoms with Crippen molar-refractivity contribution in [3.63, 3.8) is 0 Å². The standard InChI is InChI=1S/C50H93O13P/c1-3-5-7-9-11-13-15-17-19-21-22-23-25-26-28-30-32-34-36-38-43(51)60-40-42(41-61-64(58,59)63-50-48(56)46(54)45(53)47(55)49(50)57)62-44(52)39-37-35-33-31-29-27-24-20-18-16-14-12-10-8-6-4-2/h11,13,17,19,42,45-50,53-57H,3-10,12,14-16,18,20-41H2,1-2H3,(H,58,59)/b13-11-,19-17-/t42-,45?,46-,47?,48?,49?,50?/m1/s1. The summed E-state index contributed by atoms with van der Waals surface area (Å²) in [6.07, 6.45) is 32.2. The highest BCUT2D eigenvalue weighted by Crippen LogP contribution is 2.47. The van der Waals surface area contributed by atoms with Crippen molar-refractivity contribution in [1.29, 1.82) is 0 Å². The van der Waals surface area contributed by atoms with Gasteiger partial charge in [0.25, 0.3) is 0 Å². The third-order valence-corrected chi connectivity index (χ3v) is 13.0. The van der Waals surface area contributed by atoms with E-state index in [0.717, 1.165) is 57.8 Å². The average molecular weight is 933 g/mol.